The summed E-state index contributed by atoms with van der Waals surface area (Å²) in [5, 5.41) is 8.42. The van der Waals surface area contributed by atoms with Crippen LogP contribution in [0.4, 0.5) is 5.69 Å². The van der Waals surface area contributed by atoms with Gasteiger partial charge in [0.15, 0.2) is 0 Å². The van der Waals surface area contributed by atoms with Gasteiger partial charge in [0.05, 0.1) is 6.42 Å². The van der Waals surface area contributed by atoms with Crippen molar-refractivity contribution in [1.29, 1.82) is 0 Å². The van der Waals surface area contributed by atoms with Crippen LogP contribution in [0.1, 0.15) is 17.5 Å². The Bertz CT molecular complexity index is 370. The van der Waals surface area contributed by atoms with Crippen molar-refractivity contribution in [3.8, 4) is 0 Å². The molecule has 3 nitrogen and oxygen atoms in total. The number of aryl methyl sites for hydroxylation is 1. The highest BCUT2D eigenvalue weighted by atomic mass is 16.4. The summed E-state index contributed by atoms with van der Waals surface area (Å²) < 4.78 is 0. The summed E-state index contributed by atoms with van der Waals surface area (Å²) >= 11 is 0. The Balaban J connectivity index is 2.76. The van der Waals surface area contributed by atoms with E-state index in [1.165, 1.54) is 0 Å². The molecule has 3 N–H and O–H groups in total. The van der Waals surface area contributed by atoms with Crippen LogP contribution in [0.25, 0.3) is 6.08 Å². The van der Waals surface area contributed by atoms with Crippen molar-refractivity contribution in [1.82, 2.24) is 0 Å². The molecule has 0 saturated carbocycles. The number of carboxylic acid groups (broad SMARTS) is 1. The zero-order valence-corrected chi connectivity index (χ0v) is 8.03. The molecule has 0 aliphatic rings. The van der Waals surface area contributed by atoms with E-state index in [-0.39, 0.29) is 6.42 Å². The van der Waals surface area contributed by atoms with Crippen LogP contribution in [-0.4, -0.2) is 11.1 Å². The van der Waals surface area contributed by atoms with Gasteiger partial charge in [0.25, 0.3) is 0 Å². The first kappa shape index (κ1) is 10.3. The van der Waals surface area contributed by atoms with E-state index in [1.54, 1.807) is 12.2 Å². The van der Waals surface area contributed by atoms with Crippen LogP contribution in [0.3, 0.4) is 0 Å². The fourth-order valence-electron chi connectivity index (χ4n) is 1.13. The summed E-state index contributed by atoms with van der Waals surface area (Å²) in [7, 11) is 0. The maximum Gasteiger partial charge on any atom is 0.307 e. The lowest BCUT2D eigenvalue weighted by atomic mass is 10.1. The molecule has 0 aliphatic heterocycles. The second-order valence-corrected chi connectivity index (χ2v) is 3.13. The van der Waals surface area contributed by atoms with Crippen LogP contribution in [0, 0.1) is 6.92 Å². The third-order valence-corrected chi connectivity index (χ3v) is 1.83. The third kappa shape index (κ3) is 2.94. The predicted octanol–water partition coefficient (Wildman–Crippen LogP) is 2.07. The van der Waals surface area contributed by atoms with Gasteiger partial charge in [-0.2, -0.15) is 0 Å². The number of hydrogen-bond acceptors (Lipinski definition) is 2. The fourth-order valence-corrected chi connectivity index (χ4v) is 1.13. The highest BCUT2D eigenvalue weighted by molar-refractivity contribution is 5.72. The summed E-state index contributed by atoms with van der Waals surface area (Å²) in [6, 6.07) is 5.68. The van der Waals surface area contributed by atoms with Crippen LogP contribution in [-0.2, 0) is 4.79 Å². The molecule has 3 heteroatoms. The molecule has 0 aliphatic carbocycles. The molecule has 0 fully saturated rings. The van der Waals surface area contributed by atoms with Crippen LogP contribution in [0.15, 0.2) is 24.3 Å². The number of hydrogen-bond donors (Lipinski definition) is 2. The van der Waals surface area contributed by atoms with Gasteiger partial charge in [0.2, 0.25) is 0 Å². The summed E-state index contributed by atoms with van der Waals surface area (Å²) in [5.41, 5.74) is 8.37. The molecule has 0 radical (unpaired) electrons. The van der Waals surface area contributed by atoms with E-state index in [0.29, 0.717) is 5.69 Å². The minimum Gasteiger partial charge on any atom is -0.481 e. The minimum atomic E-state index is -0.841. The Kier molecular flexibility index (Phi) is 3.29. The molecule has 0 aromatic heterocycles. The largest absolute Gasteiger partial charge is 0.481 e. The van der Waals surface area contributed by atoms with E-state index < -0.39 is 5.97 Å². The topological polar surface area (TPSA) is 63.3 Å². The monoisotopic (exact) mass is 191 g/mol. The Morgan fingerprint density at radius 3 is 2.86 bits per heavy atom. The van der Waals surface area contributed by atoms with Crippen molar-refractivity contribution in [2.75, 3.05) is 5.73 Å². The quantitative estimate of drug-likeness (QED) is 0.719. The average molecular weight is 191 g/mol. The van der Waals surface area contributed by atoms with Gasteiger partial charge in [-0.1, -0.05) is 24.3 Å². The summed E-state index contributed by atoms with van der Waals surface area (Å²) in [6.07, 6.45) is 3.33. The summed E-state index contributed by atoms with van der Waals surface area (Å²) in [5.74, 6) is -0.841. The lowest BCUT2D eigenvalue weighted by Crippen LogP contribution is -1.91. The first-order valence-corrected chi connectivity index (χ1v) is 4.34. The molecule has 74 valence electrons. The molecule has 1 aromatic carbocycles. The zero-order chi connectivity index (χ0) is 10.6. The average Bonchev–Trinajstić information content (AvgIpc) is 2.08. The molecule has 0 unspecified atom stereocenters. The number of benzene rings is 1. The van der Waals surface area contributed by atoms with E-state index >= 15 is 0 Å². The lowest BCUT2D eigenvalue weighted by molar-refractivity contribution is -0.135. The van der Waals surface area contributed by atoms with Gasteiger partial charge in [-0.25, -0.2) is 0 Å². The molecule has 0 heterocycles. The maximum atomic E-state index is 10.2. The van der Waals surface area contributed by atoms with Gasteiger partial charge < -0.3 is 10.8 Å². The second-order valence-electron chi connectivity index (χ2n) is 3.13. The van der Waals surface area contributed by atoms with Gasteiger partial charge in [-0.15, -0.1) is 0 Å². The Hall–Kier alpha value is -1.77. The van der Waals surface area contributed by atoms with Gasteiger partial charge in [-0.05, 0) is 24.1 Å². The van der Waals surface area contributed by atoms with Crippen LogP contribution in [0.5, 0.6) is 0 Å². The lowest BCUT2D eigenvalue weighted by Gasteiger charge is -2.00. The van der Waals surface area contributed by atoms with Crippen molar-refractivity contribution in [2.24, 2.45) is 0 Å². The van der Waals surface area contributed by atoms with E-state index in [2.05, 4.69) is 0 Å². The Labute approximate surface area is 82.9 Å². The number of carbonyl (C=O) groups is 1. The summed E-state index contributed by atoms with van der Waals surface area (Å²) in [6.45, 7) is 1.96. The molecule has 0 bridgehead atoms. The Morgan fingerprint density at radius 2 is 2.29 bits per heavy atom. The molecule has 14 heavy (non-hydrogen) atoms. The second kappa shape index (κ2) is 4.46. The van der Waals surface area contributed by atoms with Gasteiger partial charge in [-0.3, -0.25) is 4.79 Å². The first-order chi connectivity index (χ1) is 6.59. The molecule has 0 spiro atoms. The number of rotatable bonds is 3. The third-order valence-electron chi connectivity index (χ3n) is 1.83. The SMILES string of the molecule is Cc1ccc(C=CCC(=O)O)c(N)c1. The van der Waals surface area contributed by atoms with Crippen LogP contribution < -0.4 is 5.73 Å². The number of aliphatic carboxylic acids is 1. The van der Waals surface area contributed by atoms with E-state index in [1.807, 2.05) is 25.1 Å². The number of carboxylic acids is 1. The highest BCUT2D eigenvalue weighted by Gasteiger charge is 1.95. The van der Waals surface area contributed by atoms with Crippen molar-refractivity contribution < 1.29 is 9.90 Å². The molecule has 1 aromatic rings. The molecular weight excluding hydrogens is 178 g/mol. The normalized spacial score (nSPS) is 10.6. The standard InChI is InChI=1S/C11H13NO2/c1-8-5-6-9(10(12)7-8)3-2-4-11(13)14/h2-3,5-7H,4,12H2,1H3,(H,13,14). The van der Waals surface area contributed by atoms with Crippen molar-refractivity contribution >= 4 is 17.7 Å². The number of nitrogens with two attached hydrogens (primary N) is 1. The maximum absolute atomic E-state index is 10.2. The number of nitrogen functional groups attached to an aromatic ring is 1. The molecule has 0 saturated heterocycles. The molecular formula is C11H13NO2. The van der Waals surface area contributed by atoms with Crippen molar-refractivity contribution in [2.45, 2.75) is 13.3 Å². The van der Waals surface area contributed by atoms with E-state index in [0.717, 1.165) is 11.1 Å². The van der Waals surface area contributed by atoms with E-state index in [4.69, 9.17) is 10.8 Å². The molecule has 0 atom stereocenters. The molecule has 1 rings (SSSR count). The first-order valence-electron chi connectivity index (χ1n) is 4.34. The van der Waals surface area contributed by atoms with Crippen LogP contribution in [0.2, 0.25) is 0 Å². The van der Waals surface area contributed by atoms with Gasteiger partial charge >= 0.3 is 5.97 Å². The van der Waals surface area contributed by atoms with Crippen molar-refractivity contribution in [3.05, 3.63) is 35.4 Å². The number of anilines is 1. The minimum absolute atomic E-state index is 0.0211. The molecule has 0 amide bonds. The summed E-state index contributed by atoms with van der Waals surface area (Å²) in [4.78, 5) is 10.2. The smallest absolute Gasteiger partial charge is 0.307 e. The Morgan fingerprint density at radius 1 is 1.57 bits per heavy atom. The zero-order valence-electron chi connectivity index (χ0n) is 8.03. The highest BCUT2D eigenvalue weighted by Crippen LogP contribution is 2.15. The van der Waals surface area contributed by atoms with Gasteiger partial charge in [0, 0.05) is 5.69 Å². The van der Waals surface area contributed by atoms with Crippen LogP contribution >= 0.6 is 0 Å². The van der Waals surface area contributed by atoms with Crippen molar-refractivity contribution in [3.63, 3.8) is 0 Å². The fraction of sp³-hybridized carbons (Fsp3) is 0.182. The van der Waals surface area contributed by atoms with Gasteiger partial charge in [0.1, 0.15) is 0 Å². The predicted molar refractivity (Wildman–Crippen MR) is 56.9 cm³/mol. The van der Waals surface area contributed by atoms with E-state index in [9.17, 15) is 4.79 Å².